The van der Waals surface area contributed by atoms with Gasteiger partial charge in [0.2, 0.25) is 0 Å². The van der Waals surface area contributed by atoms with Gasteiger partial charge in [0.15, 0.2) is 5.96 Å². The lowest BCUT2D eigenvalue weighted by molar-refractivity contribution is 0.00271. The van der Waals surface area contributed by atoms with Gasteiger partial charge in [-0.1, -0.05) is 26.7 Å². The fourth-order valence-corrected chi connectivity index (χ4v) is 3.97. The van der Waals surface area contributed by atoms with E-state index in [4.69, 9.17) is 9.15 Å². The zero-order valence-corrected chi connectivity index (χ0v) is 21.0. The van der Waals surface area contributed by atoms with Gasteiger partial charge in [-0.05, 0) is 32.1 Å². The predicted molar refractivity (Wildman–Crippen MR) is 130 cm³/mol. The minimum Gasteiger partial charge on any atom is -0.468 e. The third-order valence-electron chi connectivity index (χ3n) is 5.77. The first-order chi connectivity index (χ1) is 13.6. The molecule has 1 aromatic heterocycles. The predicted octanol–water partition coefficient (Wildman–Crippen LogP) is 2.80. The van der Waals surface area contributed by atoms with Gasteiger partial charge in [-0.2, -0.15) is 0 Å². The third-order valence-corrected chi connectivity index (χ3v) is 5.77. The van der Waals surface area contributed by atoms with Crippen molar-refractivity contribution in [2.45, 2.75) is 38.8 Å². The second kappa shape index (κ2) is 14.2. The van der Waals surface area contributed by atoms with E-state index in [1.54, 1.807) is 6.26 Å². The van der Waals surface area contributed by atoms with Gasteiger partial charge in [-0.3, -0.25) is 14.8 Å². The van der Waals surface area contributed by atoms with E-state index in [0.29, 0.717) is 12.0 Å². The molecule has 1 aliphatic rings. The third kappa shape index (κ3) is 8.07. The van der Waals surface area contributed by atoms with Gasteiger partial charge in [0, 0.05) is 39.3 Å². The molecule has 0 spiro atoms. The maximum absolute atomic E-state index is 5.60. The van der Waals surface area contributed by atoms with Crippen LogP contribution < -0.4 is 10.6 Å². The standard InChI is InChI=1S/C21H39N5O2.HI/c1-6-17(7-2)18(26-10-13-27-14-11-26)15-23-21(22-3)24-16-19(25(4)5)20-9-8-12-28-20;/h8-9,12,17-19H,6-7,10-11,13-16H2,1-5H3,(H2,22,23,24);1H. The van der Waals surface area contributed by atoms with E-state index < -0.39 is 0 Å². The lowest BCUT2D eigenvalue weighted by Gasteiger charge is -2.39. The molecule has 0 aromatic carbocycles. The minimum atomic E-state index is 0. The van der Waals surface area contributed by atoms with Gasteiger partial charge in [0.05, 0.1) is 25.5 Å². The molecule has 0 amide bonds. The second-order valence-corrected chi connectivity index (χ2v) is 7.62. The van der Waals surface area contributed by atoms with Crippen LogP contribution in [0.15, 0.2) is 27.8 Å². The zero-order chi connectivity index (χ0) is 20.4. The Morgan fingerprint density at radius 1 is 1.17 bits per heavy atom. The molecule has 168 valence electrons. The Bertz CT molecular complexity index is 557. The van der Waals surface area contributed by atoms with Crippen molar-refractivity contribution in [3.05, 3.63) is 24.2 Å². The van der Waals surface area contributed by atoms with Crippen molar-refractivity contribution in [3.8, 4) is 0 Å². The van der Waals surface area contributed by atoms with E-state index in [-0.39, 0.29) is 30.0 Å². The number of morpholine rings is 1. The van der Waals surface area contributed by atoms with Gasteiger partial charge in [-0.15, -0.1) is 24.0 Å². The highest BCUT2D eigenvalue weighted by molar-refractivity contribution is 14.0. The normalized spacial score (nSPS) is 17.8. The fraction of sp³-hybridized carbons (Fsp3) is 0.762. The van der Waals surface area contributed by atoms with Gasteiger partial charge in [0.1, 0.15) is 5.76 Å². The first-order valence-corrected chi connectivity index (χ1v) is 10.6. The number of hydrogen-bond acceptors (Lipinski definition) is 5. The molecule has 8 heteroatoms. The molecule has 0 bridgehead atoms. The molecule has 2 N–H and O–H groups in total. The van der Waals surface area contributed by atoms with Crippen LogP contribution in [0.1, 0.15) is 38.5 Å². The van der Waals surface area contributed by atoms with Crippen LogP contribution in [-0.2, 0) is 4.74 Å². The number of ether oxygens (including phenoxy) is 1. The van der Waals surface area contributed by atoms with Gasteiger partial charge < -0.3 is 19.8 Å². The van der Waals surface area contributed by atoms with Crippen molar-refractivity contribution in [1.82, 2.24) is 20.4 Å². The minimum absolute atomic E-state index is 0. The van der Waals surface area contributed by atoms with E-state index >= 15 is 0 Å². The van der Waals surface area contributed by atoms with Crippen molar-refractivity contribution in [2.24, 2.45) is 10.9 Å². The fourth-order valence-electron chi connectivity index (χ4n) is 3.97. The molecular weight excluding hydrogens is 481 g/mol. The zero-order valence-electron chi connectivity index (χ0n) is 18.7. The summed E-state index contributed by atoms with van der Waals surface area (Å²) in [5.74, 6) is 2.46. The maximum Gasteiger partial charge on any atom is 0.191 e. The molecule has 2 heterocycles. The van der Waals surface area contributed by atoms with Gasteiger partial charge in [-0.25, -0.2) is 0 Å². The highest BCUT2D eigenvalue weighted by Crippen LogP contribution is 2.20. The molecule has 1 saturated heterocycles. The van der Waals surface area contributed by atoms with Crippen LogP contribution in [0.5, 0.6) is 0 Å². The number of nitrogens with one attached hydrogen (secondary N) is 2. The summed E-state index contributed by atoms with van der Waals surface area (Å²) in [6.45, 7) is 9.88. The molecule has 2 unspecified atom stereocenters. The van der Waals surface area contributed by atoms with E-state index in [2.05, 4.69) is 53.4 Å². The maximum atomic E-state index is 5.60. The van der Waals surface area contributed by atoms with Crippen LogP contribution >= 0.6 is 24.0 Å². The van der Waals surface area contributed by atoms with E-state index in [0.717, 1.165) is 51.1 Å². The Kier molecular flexibility index (Phi) is 12.8. The highest BCUT2D eigenvalue weighted by atomic mass is 127. The summed E-state index contributed by atoms with van der Waals surface area (Å²) < 4.78 is 11.2. The van der Waals surface area contributed by atoms with Gasteiger partial charge in [0.25, 0.3) is 0 Å². The molecule has 0 saturated carbocycles. The quantitative estimate of drug-likeness (QED) is 0.281. The molecule has 1 fully saturated rings. The topological polar surface area (TPSA) is 65.3 Å². The monoisotopic (exact) mass is 521 g/mol. The largest absolute Gasteiger partial charge is 0.468 e. The first kappa shape index (κ1) is 26.2. The average Bonchev–Trinajstić information content (AvgIpc) is 3.24. The number of furan rings is 1. The summed E-state index contributed by atoms with van der Waals surface area (Å²) in [5, 5.41) is 7.03. The van der Waals surface area contributed by atoms with Crippen molar-refractivity contribution in [2.75, 3.05) is 60.5 Å². The molecule has 1 aromatic rings. The molecule has 29 heavy (non-hydrogen) atoms. The van der Waals surface area contributed by atoms with Crippen LogP contribution in [0, 0.1) is 5.92 Å². The average molecular weight is 521 g/mol. The van der Waals surface area contributed by atoms with E-state index in [1.165, 1.54) is 12.8 Å². The van der Waals surface area contributed by atoms with Crippen LogP contribution in [0.4, 0.5) is 0 Å². The first-order valence-electron chi connectivity index (χ1n) is 10.6. The summed E-state index contributed by atoms with van der Waals surface area (Å²) in [6, 6.07) is 4.60. The highest BCUT2D eigenvalue weighted by Gasteiger charge is 2.27. The second-order valence-electron chi connectivity index (χ2n) is 7.62. The van der Waals surface area contributed by atoms with Crippen molar-refractivity contribution in [1.29, 1.82) is 0 Å². The number of rotatable bonds is 10. The van der Waals surface area contributed by atoms with Crippen molar-refractivity contribution in [3.63, 3.8) is 0 Å². The molecule has 0 aliphatic carbocycles. The Hall–Kier alpha value is -0.840. The lowest BCUT2D eigenvalue weighted by atomic mass is 9.92. The lowest BCUT2D eigenvalue weighted by Crippen LogP contribution is -2.53. The molecule has 0 radical (unpaired) electrons. The number of nitrogens with zero attached hydrogens (tertiary/aromatic N) is 3. The Morgan fingerprint density at radius 3 is 2.34 bits per heavy atom. The number of hydrogen-bond donors (Lipinski definition) is 2. The van der Waals surface area contributed by atoms with Gasteiger partial charge >= 0.3 is 0 Å². The SMILES string of the molecule is CCC(CC)C(CNC(=NC)NCC(c1ccco1)N(C)C)N1CCOCC1.I. The summed E-state index contributed by atoms with van der Waals surface area (Å²) in [7, 11) is 5.95. The van der Waals surface area contributed by atoms with Crippen LogP contribution in [-0.4, -0.2) is 82.3 Å². The van der Waals surface area contributed by atoms with E-state index in [1.807, 2.05) is 19.2 Å². The molecule has 7 nitrogen and oxygen atoms in total. The Balaban J connectivity index is 0.00000420. The summed E-state index contributed by atoms with van der Waals surface area (Å²) in [5.41, 5.74) is 0. The molecule has 1 aliphatic heterocycles. The molecular formula is C21H40IN5O2. The number of likely N-dealkylation sites (N-methyl/N-ethyl adjacent to an activating group) is 1. The summed E-state index contributed by atoms with van der Waals surface area (Å²) in [4.78, 5) is 9.16. The number of aliphatic imine (C=N–C) groups is 1. The molecule has 2 atom stereocenters. The Morgan fingerprint density at radius 2 is 1.83 bits per heavy atom. The van der Waals surface area contributed by atoms with E-state index in [9.17, 15) is 0 Å². The number of halogens is 1. The molecule has 2 rings (SSSR count). The van der Waals surface area contributed by atoms with Crippen LogP contribution in [0.2, 0.25) is 0 Å². The van der Waals surface area contributed by atoms with Crippen LogP contribution in [0.25, 0.3) is 0 Å². The number of guanidine groups is 1. The smallest absolute Gasteiger partial charge is 0.191 e. The summed E-state index contributed by atoms with van der Waals surface area (Å²) >= 11 is 0. The van der Waals surface area contributed by atoms with Crippen LogP contribution in [0.3, 0.4) is 0 Å². The van der Waals surface area contributed by atoms with Crippen molar-refractivity contribution >= 4 is 29.9 Å². The van der Waals surface area contributed by atoms with Crippen molar-refractivity contribution < 1.29 is 9.15 Å². The Labute approximate surface area is 193 Å². The summed E-state index contributed by atoms with van der Waals surface area (Å²) in [6.07, 6.45) is 4.10.